The molecule has 1 atom stereocenters. The molecule has 0 heterocycles. The van der Waals surface area contributed by atoms with E-state index in [2.05, 4.69) is 11.8 Å². The van der Waals surface area contributed by atoms with Crippen LogP contribution in [0.25, 0.3) is 0 Å². The number of aliphatic hydroxyl groups is 1. The van der Waals surface area contributed by atoms with Gasteiger partial charge in [-0.3, -0.25) is 4.90 Å². The molecular weight excluding hydrogens is 176 g/mol. The summed E-state index contributed by atoms with van der Waals surface area (Å²) in [6.07, 6.45) is 5.05. The fourth-order valence-electron chi connectivity index (χ4n) is 2.28. The van der Waals surface area contributed by atoms with Crippen LogP contribution in [0.2, 0.25) is 0 Å². The van der Waals surface area contributed by atoms with Crippen molar-refractivity contribution < 1.29 is 5.11 Å². The van der Waals surface area contributed by atoms with Crippen LogP contribution in [0.15, 0.2) is 0 Å². The Labute approximate surface area is 86.3 Å². The van der Waals surface area contributed by atoms with Crippen LogP contribution < -0.4 is 5.73 Å². The lowest BCUT2D eigenvalue weighted by Gasteiger charge is -2.33. The third-order valence-electron chi connectivity index (χ3n) is 3.65. The summed E-state index contributed by atoms with van der Waals surface area (Å²) in [5, 5.41) is 9.39. The molecule has 82 valence electrons. The summed E-state index contributed by atoms with van der Waals surface area (Å²) >= 11 is 0. The van der Waals surface area contributed by atoms with Crippen molar-refractivity contribution in [2.75, 3.05) is 19.7 Å². The van der Waals surface area contributed by atoms with Crippen molar-refractivity contribution in [3.8, 4) is 0 Å². The fourth-order valence-corrected chi connectivity index (χ4v) is 2.28. The second kappa shape index (κ2) is 3.80. The first kappa shape index (κ1) is 10.4. The van der Waals surface area contributed by atoms with Crippen molar-refractivity contribution in [2.24, 2.45) is 11.7 Å². The number of nitrogens with two attached hydrogens (primary N) is 1. The smallest absolute Gasteiger partial charge is 0.0626 e. The van der Waals surface area contributed by atoms with Crippen LogP contribution in [0.3, 0.4) is 0 Å². The summed E-state index contributed by atoms with van der Waals surface area (Å²) in [5.41, 5.74) is 5.93. The standard InChI is InChI=1S/C11H22N2O/c1-2-13(10-5-6-10)7-11(12,8-14)9-3-4-9/h9-10,14H,2-8,12H2,1H3. The lowest BCUT2D eigenvalue weighted by atomic mass is 9.95. The molecule has 0 spiro atoms. The lowest BCUT2D eigenvalue weighted by Crippen LogP contribution is -2.55. The van der Waals surface area contributed by atoms with Gasteiger partial charge in [-0.15, -0.1) is 0 Å². The molecule has 2 saturated carbocycles. The van der Waals surface area contributed by atoms with E-state index in [-0.39, 0.29) is 12.1 Å². The van der Waals surface area contributed by atoms with E-state index < -0.39 is 0 Å². The summed E-state index contributed by atoms with van der Waals surface area (Å²) < 4.78 is 0. The van der Waals surface area contributed by atoms with Crippen molar-refractivity contribution in [2.45, 2.75) is 44.2 Å². The van der Waals surface area contributed by atoms with Gasteiger partial charge < -0.3 is 10.8 Å². The first-order chi connectivity index (χ1) is 6.69. The molecule has 0 aromatic carbocycles. The van der Waals surface area contributed by atoms with Crippen molar-refractivity contribution in [1.82, 2.24) is 4.90 Å². The Morgan fingerprint density at radius 1 is 1.36 bits per heavy atom. The van der Waals surface area contributed by atoms with Gasteiger partial charge in [0, 0.05) is 12.6 Å². The SMILES string of the molecule is CCN(CC(N)(CO)C1CC1)C1CC1. The largest absolute Gasteiger partial charge is 0.394 e. The molecule has 0 radical (unpaired) electrons. The first-order valence-electron chi connectivity index (χ1n) is 5.83. The van der Waals surface area contributed by atoms with Crippen LogP contribution in [-0.4, -0.2) is 41.3 Å². The molecule has 2 aliphatic rings. The van der Waals surface area contributed by atoms with Gasteiger partial charge in [-0.1, -0.05) is 6.92 Å². The molecule has 0 amide bonds. The Hall–Kier alpha value is -0.120. The predicted octanol–water partition coefficient (Wildman–Crippen LogP) is 0.570. The molecule has 14 heavy (non-hydrogen) atoms. The van der Waals surface area contributed by atoms with Gasteiger partial charge in [0.25, 0.3) is 0 Å². The number of hydrogen-bond acceptors (Lipinski definition) is 3. The zero-order valence-electron chi connectivity index (χ0n) is 9.08. The normalized spacial score (nSPS) is 26.6. The highest BCUT2D eigenvalue weighted by Crippen LogP contribution is 2.39. The van der Waals surface area contributed by atoms with E-state index in [1.165, 1.54) is 25.7 Å². The maximum Gasteiger partial charge on any atom is 0.0626 e. The second-order valence-electron chi connectivity index (χ2n) is 4.96. The van der Waals surface area contributed by atoms with E-state index in [1.54, 1.807) is 0 Å². The van der Waals surface area contributed by atoms with Gasteiger partial charge in [0.2, 0.25) is 0 Å². The average molecular weight is 198 g/mol. The van der Waals surface area contributed by atoms with Crippen LogP contribution in [-0.2, 0) is 0 Å². The molecule has 0 bridgehead atoms. The highest BCUT2D eigenvalue weighted by Gasteiger charge is 2.44. The van der Waals surface area contributed by atoms with Crippen molar-refractivity contribution >= 4 is 0 Å². The monoisotopic (exact) mass is 198 g/mol. The van der Waals surface area contributed by atoms with Gasteiger partial charge in [-0.25, -0.2) is 0 Å². The number of hydrogen-bond donors (Lipinski definition) is 2. The van der Waals surface area contributed by atoms with E-state index >= 15 is 0 Å². The molecule has 0 saturated heterocycles. The van der Waals surface area contributed by atoms with Crippen LogP contribution in [0.4, 0.5) is 0 Å². The van der Waals surface area contributed by atoms with Crippen LogP contribution in [0, 0.1) is 5.92 Å². The minimum absolute atomic E-state index is 0.140. The number of aliphatic hydroxyl groups excluding tert-OH is 1. The van der Waals surface area contributed by atoms with E-state index in [1.807, 2.05) is 0 Å². The third-order valence-corrected chi connectivity index (χ3v) is 3.65. The number of likely N-dealkylation sites (N-methyl/N-ethyl adjacent to an activating group) is 1. The van der Waals surface area contributed by atoms with Gasteiger partial charge >= 0.3 is 0 Å². The second-order valence-corrected chi connectivity index (χ2v) is 4.96. The Kier molecular flexibility index (Phi) is 2.82. The molecular formula is C11H22N2O. The minimum atomic E-state index is -0.321. The van der Waals surface area contributed by atoms with E-state index in [0.29, 0.717) is 5.92 Å². The van der Waals surface area contributed by atoms with Crippen LogP contribution in [0.1, 0.15) is 32.6 Å². The van der Waals surface area contributed by atoms with E-state index in [4.69, 9.17) is 5.73 Å². The molecule has 0 aromatic rings. The highest BCUT2D eigenvalue weighted by molar-refractivity contribution is 5.02. The number of rotatable bonds is 6. The molecule has 2 fully saturated rings. The van der Waals surface area contributed by atoms with E-state index in [0.717, 1.165) is 19.1 Å². The average Bonchev–Trinajstić information content (AvgIpc) is 3.05. The van der Waals surface area contributed by atoms with Crippen molar-refractivity contribution in [3.63, 3.8) is 0 Å². The van der Waals surface area contributed by atoms with Crippen molar-refractivity contribution in [1.29, 1.82) is 0 Å². The Morgan fingerprint density at radius 3 is 2.36 bits per heavy atom. The molecule has 3 nitrogen and oxygen atoms in total. The molecule has 0 aromatic heterocycles. The maximum atomic E-state index is 9.39. The summed E-state index contributed by atoms with van der Waals surface area (Å²) in [6.45, 7) is 4.27. The summed E-state index contributed by atoms with van der Waals surface area (Å²) in [6, 6.07) is 0.758. The van der Waals surface area contributed by atoms with Gasteiger partial charge in [0.05, 0.1) is 12.1 Å². The van der Waals surface area contributed by atoms with Gasteiger partial charge in [-0.2, -0.15) is 0 Å². The van der Waals surface area contributed by atoms with Crippen LogP contribution in [0.5, 0.6) is 0 Å². The zero-order chi connectivity index (χ0) is 10.2. The molecule has 3 N–H and O–H groups in total. The van der Waals surface area contributed by atoms with Gasteiger partial charge in [0.15, 0.2) is 0 Å². The van der Waals surface area contributed by atoms with Gasteiger partial charge in [0.1, 0.15) is 0 Å². The lowest BCUT2D eigenvalue weighted by molar-refractivity contribution is 0.119. The molecule has 0 aliphatic heterocycles. The van der Waals surface area contributed by atoms with Crippen molar-refractivity contribution in [3.05, 3.63) is 0 Å². The molecule has 1 unspecified atom stereocenters. The summed E-state index contributed by atoms with van der Waals surface area (Å²) in [7, 11) is 0. The topological polar surface area (TPSA) is 49.5 Å². The molecule has 2 rings (SSSR count). The Bertz CT molecular complexity index is 201. The predicted molar refractivity (Wildman–Crippen MR) is 57.0 cm³/mol. The third kappa shape index (κ3) is 2.10. The first-order valence-corrected chi connectivity index (χ1v) is 5.83. The van der Waals surface area contributed by atoms with E-state index in [9.17, 15) is 5.11 Å². The fraction of sp³-hybridized carbons (Fsp3) is 1.00. The summed E-state index contributed by atoms with van der Waals surface area (Å²) in [4.78, 5) is 2.44. The van der Waals surface area contributed by atoms with Gasteiger partial charge in [-0.05, 0) is 38.1 Å². The maximum absolute atomic E-state index is 9.39. The Morgan fingerprint density at radius 2 is 2.00 bits per heavy atom. The zero-order valence-corrected chi connectivity index (χ0v) is 9.08. The number of nitrogens with zero attached hydrogens (tertiary/aromatic N) is 1. The Balaban J connectivity index is 1.91. The minimum Gasteiger partial charge on any atom is -0.394 e. The molecule has 3 heteroatoms. The van der Waals surface area contributed by atoms with Crippen LogP contribution >= 0.6 is 0 Å². The summed E-state index contributed by atoms with van der Waals surface area (Å²) in [5.74, 6) is 0.570. The quantitative estimate of drug-likeness (QED) is 0.656. The molecule has 2 aliphatic carbocycles. The highest BCUT2D eigenvalue weighted by atomic mass is 16.3.